The van der Waals surface area contributed by atoms with Gasteiger partial charge in [0.25, 0.3) is 0 Å². The Labute approximate surface area is 115 Å². The Morgan fingerprint density at radius 1 is 1.16 bits per heavy atom. The maximum absolute atomic E-state index is 13.1. The number of rotatable bonds is 5. The summed E-state index contributed by atoms with van der Waals surface area (Å²) < 4.78 is 13.1. The van der Waals surface area contributed by atoms with Crippen molar-refractivity contribution in [1.82, 2.24) is 0 Å². The smallest absolute Gasteiger partial charge is 0.303 e. The molecular weight excluding hydrogens is 263 g/mol. The predicted molar refractivity (Wildman–Crippen MR) is 72.9 cm³/mol. The lowest BCUT2D eigenvalue weighted by molar-refractivity contribution is -0.136. The molecule has 0 saturated carbocycles. The molecule has 2 rings (SSSR count). The van der Waals surface area contributed by atoms with E-state index in [1.807, 2.05) is 30.3 Å². The molecule has 1 N–H and O–H groups in total. The molecule has 2 nitrogen and oxygen atoms in total. The molecule has 0 amide bonds. The van der Waals surface area contributed by atoms with Crippen molar-refractivity contribution in [3.8, 4) is 0 Å². The lowest BCUT2D eigenvalue weighted by atomic mass is 10.1. The molecule has 0 aliphatic heterocycles. The van der Waals surface area contributed by atoms with Crippen molar-refractivity contribution >= 4 is 17.7 Å². The second-order valence-electron chi connectivity index (χ2n) is 4.06. The third-order valence-electron chi connectivity index (χ3n) is 2.60. The average molecular weight is 276 g/mol. The summed E-state index contributed by atoms with van der Waals surface area (Å²) >= 11 is 1.45. The maximum atomic E-state index is 13.1. The zero-order valence-electron chi connectivity index (χ0n) is 10.2. The van der Waals surface area contributed by atoms with Crippen LogP contribution in [0.5, 0.6) is 0 Å². The van der Waals surface area contributed by atoms with Gasteiger partial charge in [0.1, 0.15) is 5.82 Å². The molecule has 0 unspecified atom stereocenters. The summed E-state index contributed by atoms with van der Waals surface area (Å²) in [6.45, 7) is 0. The van der Waals surface area contributed by atoms with Crippen molar-refractivity contribution in [3.05, 3.63) is 59.9 Å². The van der Waals surface area contributed by atoms with Crippen molar-refractivity contribution in [1.29, 1.82) is 0 Å². The fourth-order valence-electron chi connectivity index (χ4n) is 1.71. The van der Waals surface area contributed by atoms with Crippen LogP contribution in [0.4, 0.5) is 4.39 Å². The van der Waals surface area contributed by atoms with Crippen molar-refractivity contribution in [2.24, 2.45) is 0 Å². The van der Waals surface area contributed by atoms with Crippen LogP contribution in [0.15, 0.2) is 58.3 Å². The van der Waals surface area contributed by atoms with Crippen molar-refractivity contribution in [2.45, 2.75) is 22.6 Å². The summed E-state index contributed by atoms with van der Waals surface area (Å²) in [5, 5.41) is 8.74. The van der Waals surface area contributed by atoms with Gasteiger partial charge in [-0.25, -0.2) is 4.39 Å². The van der Waals surface area contributed by atoms with E-state index in [9.17, 15) is 9.18 Å². The molecule has 0 saturated heterocycles. The first-order valence-electron chi connectivity index (χ1n) is 5.88. The summed E-state index contributed by atoms with van der Waals surface area (Å²) in [7, 11) is 0. The first-order valence-corrected chi connectivity index (χ1v) is 6.70. The van der Waals surface area contributed by atoms with Gasteiger partial charge in [-0.1, -0.05) is 36.0 Å². The monoisotopic (exact) mass is 276 g/mol. The molecule has 4 heteroatoms. The number of carboxylic acid groups (broad SMARTS) is 1. The number of carboxylic acids is 1. The molecule has 0 aliphatic carbocycles. The van der Waals surface area contributed by atoms with E-state index in [2.05, 4.69) is 0 Å². The molecular formula is C15H13FO2S. The summed E-state index contributed by atoms with van der Waals surface area (Å²) in [4.78, 5) is 12.4. The Morgan fingerprint density at radius 2 is 1.95 bits per heavy atom. The van der Waals surface area contributed by atoms with E-state index in [1.54, 1.807) is 6.07 Å². The zero-order chi connectivity index (χ0) is 13.7. The Balaban J connectivity index is 2.17. The number of benzene rings is 2. The Kier molecular flexibility index (Phi) is 4.58. The molecule has 0 spiro atoms. The highest BCUT2D eigenvalue weighted by Crippen LogP contribution is 2.31. The van der Waals surface area contributed by atoms with Crippen molar-refractivity contribution in [2.75, 3.05) is 0 Å². The third-order valence-corrected chi connectivity index (χ3v) is 3.71. The van der Waals surface area contributed by atoms with Gasteiger partial charge in [0.05, 0.1) is 0 Å². The van der Waals surface area contributed by atoms with E-state index in [4.69, 9.17) is 5.11 Å². The fourth-order valence-corrected chi connectivity index (χ4v) is 2.73. The minimum absolute atomic E-state index is 0.0979. The molecule has 98 valence electrons. The molecule has 0 aliphatic rings. The van der Waals surface area contributed by atoms with Crippen LogP contribution in [0.25, 0.3) is 0 Å². The van der Waals surface area contributed by atoms with Gasteiger partial charge in [0.15, 0.2) is 0 Å². The lowest BCUT2D eigenvalue weighted by Crippen LogP contribution is -1.98. The van der Waals surface area contributed by atoms with Gasteiger partial charge in [-0.05, 0) is 36.2 Å². The van der Waals surface area contributed by atoms with Crippen LogP contribution < -0.4 is 0 Å². The minimum atomic E-state index is -0.814. The van der Waals surface area contributed by atoms with E-state index in [-0.39, 0.29) is 12.2 Å². The SMILES string of the molecule is O=C(O)CCc1ccccc1Sc1cccc(F)c1. The van der Waals surface area contributed by atoms with E-state index in [0.29, 0.717) is 6.42 Å². The Bertz CT molecular complexity index is 584. The highest BCUT2D eigenvalue weighted by molar-refractivity contribution is 7.99. The van der Waals surface area contributed by atoms with Gasteiger partial charge in [-0.3, -0.25) is 4.79 Å². The number of hydrogen-bond acceptors (Lipinski definition) is 2. The van der Waals surface area contributed by atoms with Gasteiger partial charge < -0.3 is 5.11 Å². The molecule has 0 heterocycles. The van der Waals surface area contributed by atoms with Gasteiger partial charge in [0.2, 0.25) is 0 Å². The Morgan fingerprint density at radius 3 is 2.68 bits per heavy atom. The third kappa shape index (κ3) is 4.10. The average Bonchev–Trinajstić information content (AvgIpc) is 2.38. The standard InChI is InChI=1S/C15H13FO2S/c16-12-5-3-6-13(10-12)19-14-7-2-1-4-11(14)8-9-15(17)18/h1-7,10H,8-9H2,(H,17,18). The van der Waals surface area contributed by atoms with Gasteiger partial charge in [0, 0.05) is 16.2 Å². The topological polar surface area (TPSA) is 37.3 Å². The first kappa shape index (κ1) is 13.6. The first-order chi connectivity index (χ1) is 9.15. The van der Waals surface area contributed by atoms with Gasteiger partial charge in [-0.2, -0.15) is 0 Å². The van der Waals surface area contributed by atoms with E-state index < -0.39 is 5.97 Å². The summed E-state index contributed by atoms with van der Waals surface area (Å²) in [5.41, 5.74) is 0.971. The van der Waals surface area contributed by atoms with Crippen LogP contribution in [-0.4, -0.2) is 11.1 Å². The molecule has 0 fully saturated rings. The molecule has 0 atom stereocenters. The highest BCUT2D eigenvalue weighted by atomic mass is 32.2. The van der Waals surface area contributed by atoms with Crippen LogP contribution in [0, 0.1) is 5.82 Å². The molecule has 2 aromatic rings. The molecule has 19 heavy (non-hydrogen) atoms. The van der Waals surface area contributed by atoms with Gasteiger partial charge in [-0.15, -0.1) is 0 Å². The summed E-state index contributed by atoms with van der Waals surface area (Å²) in [6, 6.07) is 14.0. The predicted octanol–water partition coefficient (Wildman–Crippen LogP) is 3.99. The fraction of sp³-hybridized carbons (Fsp3) is 0.133. The van der Waals surface area contributed by atoms with Crippen LogP contribution in [0.1, 0.15) is 12.0 Å². The maximum Gasteiger partial charge on any atom is 0.303 e. The number of aliphatic carboxylic acids is 1. The molecule has 0 radical (unpaired) electrons. The second-order valence-corrected chi connectivity index (χ2v) is 5.18. The quantitative estimate of drug-likeness (QED) is 0.897. The highest BCUT2D eigenvalue weighted by Gasteiger charge is 2.06. The van der Waals surface area contributed by atoms with E-state index >= 15 is 0 Å². The van der Waals surface area contributed by atoms with E-state index in [1.165, 1.54) is 23.9 Å². The molecule has 0 bridgehead atoms. The molecule has 2 aromatic carbocycles. The number of aryl methyl sites for hydroxylation is 1. The zero-order valence-corrected chi connectivity index (χ0v) is 11.0. The van der Waals surface area contributed by atoms with Gasteiger partial charge >= 0.3 is 5.97 Å². The molecule has 0 aromatic heterocycles. The minimum Gasteiger partial charge on any atom is -0.481 e. The van der Waals surface area contributed by atoms with Crippen LogP contribution in [0.3, 0.4) is 0 Å². The normalized spacial score (nSPS) is 10.4. The number of carbonyl (C=O) groups is 1. The Hall–Kier alpha value is -1.81. The van der Waals surface area contributed by atoms with Crippen LogP contribution >= 0.6 is 11.8 Å². The van der Waals surface area contributed by atoms with Crippen molar-refractivity contribution < 1.29 is 14.3 Å². The lowest BCUT2D eigenvalue weighted by Gasteiger charge is -2.08. The van der Waals surface area contributed by atoms with Crippen LogP contribution in [-0.2, 0) is 11.2 Å². The largest absolute Gasteiger partial charge is 0.481 e. The summed E-state index contributed by atoms with van der Waals surface area (Å²) in [6.07, 6.45) is 0.578. The van der Waals surface area contributed by atoms with Crippen molar-refractivity contribution in [3.63, 3.8) is 0 Å². The number of hydrogen-bond donors (Lipinski definition) is 1. The second kappa shape index (κ2) is 6.38. The van der Waals surface area contributed by atoms with E-state index in [0.717, 1.165) is 15.4 Å². The summed E-state index contributed by atoms with van der Waals surface area (Å²) in [5.74, 6) is -1.08. The number of halogens is 1. The van der Waals surface area contributed by atoms with Crippen LogP contribution in [0.2, 0.25) is 0 Å².